The van der Waals surface area contributed by atoms with E-state index in [2.05, 4.69) is 19.6 Å². The zero-order valence-corrected chi connectivity index (χ0v) is 27.9. The number of hydrogen-bond acceptors (Lipinski definition) is 8. The van der Waals surface area contributed by atoms with Gasteiger partial charge in [-0.15, -0.1) is 0 Å². The molecule has 0 N–H and O–H groups in total. The molecule has 5 aromatic heterocycles. The lowest BCUT2D eigenvalue weighted by molar-refractivity contribution is 0.0992. The number of rotatable bonds is 10. The third-order valence-corrected chi connectivity index (χ3v) is 9.93. The molecule has 6 heterocycles. The predicted octanol–water partition coefficient (Wildman–Crippen LogP) is 7.59. The van der Waals surface area contributed by atoms with E-state index in [0.717, 1.165) is 90.6 Å². The van der Waals surface area contributed by atoms with Gasteiger partial charge >= 0.3 is 0 Å². The summed E-state index contributed by atoms with van der Waals surface area (Å²) in [7, 11) is 0. The molecule has 7 aromatic rings. The van der Waals surface area contributed by atoms with Crippen LogP contribution in [0.15, 0.2) is 108 Å². The summed E-state index contributed by atoms with van der Waals surface area (Å²) >= 11 is 0. The first kappa shape index (κ1) is 31.2. The second-order valence-corrected chi connectivity index (χ2v) is 13.5. The molecule has 1 aliphatic heterocycles. The lowest BCUT2D eigenvalue weighted by Crippen LogP contribution is -2.35. The van der Waals surface area contributed by atoms with Crippen molar-refractivity contribution in [2.75, 3.05) is 13.1 Å². The molecule has 1 saturated carbocycles. The summed E-state index contributed by atoms with van der Waals surface area (Å²) in [6.07, 6.45) is 11.2. The van der Waals surface area contributed by atoms with Gasteiger partial charge in [-0.3, -0.25) is 14.7 Å². The van der Waals surface area contributed by atoms with Crippen LogP contribution in [-0.2, 0) is 13.0 Å². The SMILES string of the molecule is O=C(Cc1cn2nc(-c3c(-c4ccc(F)cc4)nc(C4CC4)n3C3CCN(Cc4ccon4)CC3)ccc2n1)c1cccc(-c2cccnc2)c1. The largest absolute Gasteiger partial charge is 0.364 e. The van der Waals surface area contributed by atoms with E-state index in [1.54, 1.807) is 35.3 Å². The topological polar surface area (TPSA) is 107 Å². The Hall–Kier alpha value is -5.81. The van der Waals surface area contributed by atoms with Gasteiger partial charge in [0.05, 0.1) is 35.4 Å². The Morgan fingerprint density at radius 2 is 1.71 bits per heavy atom. The van der Waals surface area contributed by atoms with Crippen molar-refractivity contribution in [3.8, 4) is 33.8 Å². The molecular weight excluding hydrogens is 643 g/mol. The Morgan fingerprint density at radius 1 is 0.863 bits per heavy atom. The van der Waals surface area contributed by atoms with Gasteiger partial charge in [-0.1, -0.05) is 29.4 Å². The second-order valence-electron chi connectivity index (χ2n) is 13.5. The molecule has 0 amide bonds. The summed E-state index contributed by atoms with van der Waals surface area (Å²) in [6.45, 7) is 2.60. The fraction of sp³-hybridized carbons (Fsp3) is 0.250. The lowest BCUT2D eigenvalue weighted by atomic mass is 10.0. The van der Waals surface area contributed by atoms with Crippen LogP contribution in [0.25, 0.3) is 39.4 Å². The molecule has 1 aliphatic carbocycles. The number of benzene rings is 2. The number of ketones is 1. The van der Waals surface area contributed by atoms with Gasteiger partial charge < -0.3 is 9.09 Å². The summed E-state index contributed by atoms with van der Waals surface area (Å²) < 4.78 is 23.3. The molecule has 51 heavy (non-hydrogen) atoms. The maximum atomic E-state index is 14.1. The molecule has 0 unspecified atom stereocenters. The molecule has 10 nitrogen and oxygen atoms in total. The summed E-state index contributed by atoms with van der Waals surface area (Å²) in [5.74, 6) is 1.15. The monoisotopic (exact) mass is 678 g/mol. The zero-order valence-electron chi connectivity index (χ0n) is 27.9. The quantitative estimate of drug-likeness (QED) is 0.136. The Labute approximate surface area is 293 Å². The minimum absolute atomic E-state index is 0.0231. The fourth-order valence-corrected chi connectivity index (χ4v) is 7.20. The standard InChI is InChI=1S/C40H35FN8O2/c41-31-10-8-26(9-11-31)38-39(49(40(44-38)27-6-7-27)34-14-18-47(19-15-34)24-32-16-20-51-46-32)35-12-13-37-43-33(25-48(37)45-35)22-36(50)29-4-1-3-28(21-29)30-5-2-17-42-23-30/h1-5,8-13,16-17,20-21,23,25,27,34H,6-7,14-15,18-19,22,24H2. The van der Waals surface area contributed by atoms with Crippen molar-refractivity contribution in [1.29, 1.82) is 0 Å². The third kappa shape index (κ3) is 6.36. The van der Waals surface area contributed by atoms with Crippen LogP contribution in [0.5, 0.6) is 0 Å². The number of likely N-dealkylation sites (tertiary alicyclic amines) is 1. The molecule has 0 bridgehead atoms. The number of hydrogen-bond donors (Lipinski definition) is 0. The van der Waals surface area contributed by atoms with Gasteiger partial charge in [0.15, 0.2) is 11.4 Å². The fourth-order valence-electron chi connectivity index (χ4n) is 7.20. The number of imidazole rings is 2. The lowest BCUT2D eigenvalue weighted by Gasteiger charge is -2.33. The van der Waals surface area contributed by atoms with Gasteiger partial charge in [0.25, 0.3) is 0 Å². The molecule has 11 heteroatoms. The first-order valence-corrected chi connectivity index (χ1v) is 17.4. The molecule has 2 aromatic carbocycles. The van der Waals surface area contributed by atoms with E-state index in [0.29, 0.717) is 22.8 Å². The molecule has 0 atom stereocenters. The van der Waals surface area contributed by atoms with E-state index in [-0.39, 0.29) is 24.1 Å². The Bertz CT molecular complexity index is 2320. The number of halogens is 1. The van der Waals surface area contributed by atoms with Crippen LogP contribution in [0.4, 0.5) is 4.39 Å². The highest BCUT2D eigenvalue weighted by molar-refractivity contribution is 5.98. The van der Waals surface area contributed by atoms with Gasteiger partial charge in [-0.25, -0.2) is 18.9 Å². The highest BCUT2D eigenvalue weighted by Crippen LogP contribution is 2.46. The van der Waals surface area contributed by atoms with Gasteiger partial charge in [0, 0.05) is 66.7 Å². The average Bonchev–Trinajstić information content (AvgIpc) is 3.53. The van der Waals surface area contributed by atoms with Gasteiger partial charge in [0.2, 0.25) is 0 Å². The van der Waals surface area contributed by atoms with E-state index in [4.69, 9.17) is 19.6 Å². The average molecular weight is 679 g/mol. The van der Waals surface area contributed by atoms with Crippen LogP contribution >= 0.6 is 0 Å². The minimum Gasteiger partial charge on any atom is -0.364 e. The molecule has 254 valence electrons. The molecule has 0 spiro atoms. The number of aromatic nitrogens is 7. The highest BCUT2D eigenvalue weighted by Gasteiger charge is 2.36. The number of fused-ring (bicyclic) bond motifs is 1. The van der Waals surface area contributed by atoms with Crippen molar-refractivity contribution >= 4 is 11.4 Å². The Balaban J connectivity index is 1.05. The second kappa shape index (κ2) is 13.1. The Kier molecular flexibility index (Phi) is 8.04. The van der Waals surface area contributed by atoms with Gasteiger partial charge in [-0.2, -0.15) is 5.10 Å². The van der Waals surface area contributed by atoms with Crippen LogP contribution in [0.1, 0.15) is 65.2 Å². The number of piperidine rings is 1. The molecule has 9 rings (SSSR count). The smallest absolute Gasteiger partial charge is 0.168 e. The number of pyridine rings is 1. The van der Waals surface area contributed by atoms with E-state index < -0.39 is 0 Å². The van der Waals surface area contributed by atoms with Crippen molar-refractivity contribution in [3.05, 3.63) is 132 Å². The molecule has 2 aliphatic rings. The van der Waals surface area contributed by atoms with Crippen LogP contribution in [-0.4, -0.2) is 58.1 Å². The van der Waals surface area contributed by atoms with Gasteiger partial charge in [-0.05, 0) is 79.8 Å². The summed E-state index contributed by atoms with van der Waals surface area (Å²) in [5, 5.41) is 9.20. The Morgan fingerprint density at radius 3 is 2.47 bits per heavy atom. The van der Waals surface area contributed by atoms with Crippen molar-refractivity contribution in [3.63, 3.8) is 0 Å². The predicted molar refractivity (Wildman–Crippen MR) is 189 cm³/mol. The van der Waals surface area contributed by atoms with E-state index in [1.165, 1.54) is 12.1 Å². The molecule has 1 saturated heterocycles. The maximum absolute atomic E-state index is 14.1. The molecule has 2 fully saturated rings. The van der Waals surface area contributed by atoms with E-state index in [9.17, 15) is 9.18 Å². The van der Waals surface area contributed by atoms with Crippen molar-refractivity contribution in [2.45, 2.75) is 50.6 Å². The van der Waals surface area contributed by atoms with Crippen molar-refractivity contribution in [1.82, 2.24) is 39.2 Å². The van der Waals surface area contributed by atoms with E-state index >= 15 is 0 Å². The van der Waals surface area contributed by atoms with Crippen LogP contribution in [0, 0.1) is 5.82 Å². The number of nitrogens with zero attached hydrogens (tertiary/aromatic N) is 8. The third-order valence-electron chi connectivity index (χ3n) is 9.93. The molecule has 0 radical (unpaired) electrons. The first-order valence-electron chi connectivity index (χ1n) is 17.4. The minimum atomic E-state index is -0.287. The van der Waals surface area contributed by atoms with Crippen LogP contribution in [0.3, 0.4) is 0 Å². The first-order chi connectivity index (χ1) is 25.1. The van der Waals surface area contributed by atoms with E-state index in [1.807, 2.05) is 60.8 Å². The zero-order chi connectivity index (χ0) is 34.3. The van der Waals surface area contributed by atoms with Crippen LogP contribution in [0.2, 0.25) is 0 Å². The van der Waals surface area contributed by atoms with Crippen LogP contribution < -0.4 is 0 Å². The number of carbonyl (C=O) groups is 1. The van der Waals surface area contributed by atoms with Gasteiger partial charge in [0.1, 0.15) is 23.6 Å². The summed E-state index contributed by atoms with van der Waals surface area (Å²) in [4.78, 5) is 30.1. The maximum Gasteiger partial charge on any atom is 0.168 e. The summed E-state index contributed by atoms with van der Waals surface area (Å²) in [6, 6.07) is 24.1. The summed E-state index contributed by atoms with van der Waals surface area (Å²) in [5.41, 5.74) is 8.09. The molecular formula is C40H35FN8O2. The number of Topliss-reactive ketones (excluding diaryl/α,β-unsaturated/α-hetero) is 1. The highest BCUT2D eigenvalue weighted by atomic mass is 19.1. The number of carbonyl (C=O) groups excluding carboxylic acids is 1. The van der Waals surface area contributed by atoms with Crippen molar-refractivity contribution in [2.24, 2.45) is 0 Å². The normalized spacial score (nSPS) is 15.5. The van der Waals surface area contributed by atoms with Crippen molar-refractivity contribution < 1.29 is 13.7 Å².